The molecule has 0 aliphatic carbocycles. The van der Waals surface area contributed by atoms with Crippen molar-refractivity contribution in [2.24, 2.45) is 0 Å². The summed E-state index contributed by atoms with van der Waals surface area (Å²) in [5.41, 5.74) is 25.9. The van der Waals surface area contributed by atoms with Crippen LogP contribution in [0, 0.1) is 132 Å². The average Bonchev–Trinajstić information content (AvgIpc) is 3.42. The first-order chi connectivity index (χ1) is 37.5. The largest absolute Gasteiger partial charge is 0.0683 e. The average molecular weight is 1070 g/mol. The molecule has 0 aromatic heterocycles. The van der Waals surface area contributed by atoms with E-state index in [0.717, 1.165) is 0 Å². The van der Waals surface area contributed by atoms with E-state index in [1.54, 1.807) is 0 Å². The zero-order valence-electron chi connectivity index (χ0n) is 56.8. The number of aryl methyl sites for hydroxylation is 19. The summed E-state index contributed by atoms with van der Waals surface area (Å²) in [4.78, 5) is 0. The van der Waals surface area contributed by atoms with Crippen molar-refractivity contribution in [1.29, 1.82) is 0 Å². The highest BCUT2D eigenvalue weighted by atomic mass is 14.1. The lowest BCUT2D eigenvalue weighted by atomic mass is 9.98. The fourth-order valence-corrected chi connectivity index (χ4v) is 8.30. The minimum absolute atomic E-state index is 1.33. The SMILES string of the molecule is CC.CC.CC.CC.CC.CC.Cc1cc(C)cc(C)c1.Cc1cc2cc(C)c(C)cc2cc1C.Cc1ccc(C)c(C)c1.Cc1ccc(C)c(C)c1.Cc1ccc2c(C)cc(C)cc2c1.Cc1ccc2cc(C)c(C)cc2c1. The zero-order valence-corrected chi connectivity index (χ0v) is 56.8. The Morgan fingerprint density at radius 2 is 0.354 bits per heavy atom. The zero-order chi connectivity index (χ0) is 61.7. The molecular weight excluding hydrogens is 949 g/mol. The lowest BCUT2D eigenvalue weighted by Crippen LogP contribution is -1.85. The van der Waals surface area contributed by atoms with Gasteiger partial charge in [-0.1, -0.05) is 267 Å². The van der Waals surface area contributed by atoms with Crippen LogP contribution < -0.4 is 0 Å². The molecule has 0 heterocycles. The number of hydrogen-bond donors (Lipinski definition) is 0. The molecule has 9 aromatic rings. The van der Waals surface area contributed by atoms with Crippen LogP contribution >= 0.6 is 0 Å². The minimum atomic E-state index is 1.33. The summed E-state index contributed by atoms with van der Waals surface area (Å²) in [7, 11) is 0. The Kier molecular flexibility index (Phi) is 41.6. The van der Waals surface area contributed by atoms with Crippen LogP contribution in [-0.4, -0.2) is 0 Å². The van der Waals surface area contributed by atoms with E-state index >= 15 is 0 Å². The standard InChI is InChI=1S/C14H16.2C13H14.3C9H12.6C2H6/c1-9-5-13-7-11(3)12(4)8-14(13)6-10(9)2;1-9-4-5-13-11(3)6-10(2)8-12(13)7-9;1-9-4-5-12-7-10(2)11(3)8-13(12)6-9;1-7-4-8(2)6-9(3)5-7;2*1-7-4-5-8(2)9(3)6-7;6*1-2/h5-8H,1-4H3;2*4-8H,1-3H3;3*4-6H,1-3H3;6*1-2H3. The summed E-state index contributed by atoms with van der Waals surface area (Å²) in [6.07, 6.45) is 0. The highest BCUT2D eigenvalue weighted by molar-refractivity contribution is 5.87. The maximum Gasteiger partial charge on any atom is -0.0154 e. The van der Waals surface area contributed by atoms with Crippen LogP contribution in [0.1, 0.15) is 189 Å². The second-order valence-electron chi connectivity index (χ2n) is 19.7. The van der Waals surface area contributed by atoms with Crippen LogP contribution in [0.4, 0.5) is 0 Å². The summed E-state index contributed by atoms with van der Waals surface area (Å²) in [6.45, 7) is 64.8. The fourth-order valence-electron chi connectivity index (χ4n) is 8.30. The van der Waals surface area contributed by atoms with Crippen molar-refractivity contribution in [2.45, 2.75) is 215 Å². The Morgan fingerprint density at radius 3 is 0.671 bits per heavy atom. The maximum atomic E-state index is 2.27. The smallest absolute Gasteiger partial charge is 0.0154 e. The summed E-state index contributed by atoms with van der Waals surface area (Å²) >= 11 is 0. The van der Waals surface area contributed by atoms with Crippen molar-refractivity contribution in [1.82, 2.24) is 0 Å². The van der Waals surface area contributed by atoms with Gasteiger partial charge in [0, 0.05) is 0 Å². The van der Waals surface area contributed by atoms with E-state index in [4.69, 9.17) is 0 Å². The highest BCUT2D eigenvalue weighted by Crippen LogP contribution is 2.24. The van der Waals surface area contributed by atoms with Gasteiger partial charge in [0.1, 0.15) is 0 Å². The van der Waals surface area contributed by atoms with Crippen LogP contribution in [0.15, 0.2) is 140 Å². The van der Waals surface area contributed by atoms with Crippen LogP contribution in [0.2, 0.25) is 0 Å². The quantitative estimate of drug-likeness (QED) is 0.142. The predicted octanol–water partition coefficient (Wildman–Crippen LogP) is 25.6. The Balaban J connectivity index is -0.000000850. The molecule has 0 amide bonds. The van der Waals surface area contributed by atoms with Gasteiger partial charge >= 0.3 is 0 Å². The molecule has 0 saturated carbocycles. The molecule has 0 saturated heterocycles. The Hall–Kier alpha value is -6.24. The molecule has 0 aliphatic rings. The first kappa shape index (κ1) is 77.0. The molecule has 0 bridgehead atoms. The molecule has 0 fully saturated rings. The first-order valence-corrected chi connectivity index (χ1v) is 30.1. The second-order valence-corrected chi connectivity index (χ2v) is 19.7. The van der Waals surface area contributed by atoms with Gasteiger partial charge in [-0.15, -0.1) is 0 Å². The molecule has 79 heavy (non-hydrogen) atoms. The van der Waals surface area contributed by atoms with E-state index in [-0.39, 0.29) is 0 Å². The lowest BCUT2D eigenvalue weighted by molar-refractivity contribution is 1.30. The van der Waals surface area contributed by atoms with Crippen molar-refractivity contribution < 1.29 is 0 Å². The van der Waals surface area contributed by atoms with Crippen LogP contribution in [0.3, 0.4) is 0 Å². The number of rotatable bonds is 0. The van der Waals surface area contributed by atoms with Crippen LogP contribution in [0.25, 0.3) is 32.3 Å². The number of benzene rings is 9. The molecule has 0 radical (unpaired) electrons. The maximum absolute atomic E-state index is 2.27. The summed E-state index contributed by atoms with van der Waals surface area (Å²) in [5.74, 6) is 0. The van der Waals surface area contributed by atoms with Gasteiger partial charge in [-0.2, -0.15) is 0 Å². The Morgan fingerprint density at radius 1 is 0.139 bits per heavy atom. The third-order valence-corrected chi connectivity index (χ3v) is 12.8. The van der Waals surface area contributed by atoms with Gasteiger partial charge in [0.05, 0.1) is 0 Å². The van der Waals surface area contributed by atoms with Crippen molar-refractivity contribution in [3.05, 3.63) is 245 Å². The molecule has 0 aliphatic heterocycles. The predicted molar refractivity (Wildman–Crippen MR) is 369 cm³/mol. The molecule has 0 spiro atoms. The molecule has 0 heteroatoms. The molecule has 0 N–H and O–H groups in total. The van der Waals surface area contributed by atoms with E-state index < -0.39 is 0 Å². The third-order valence-electron chi connectivity index (χ3n) is 12.8. The lowest BCUT2D eigenvalue weighted by Gasteiger charge is -2.07. The molecule has 9 aromatic carbocycles. The summed E-state index contributed by atoms with van der Waals surface area (Å²) < 4.78 is 0. The van der Waals surface area contributed by atoms with E-state index in [1.807, 2.05) is 83.1 Å². The van der Waals surface area contributed by atoms with Crippen LogP contribution in [-0.2, 0) is 0 Å². The molecule has 9 rings (SSSR count). The van der Waals surface area contributed by atoms with Crippen molar-refractivity contribution in [3.8, 4) is 0 Å². The molecule has 0 unspecified atom stereocenters. The third kappa shape index (κ3) is 29.0. The number of fused-ring (bicyclic) bond motifs is 3. The molecule has 432 valence electrons. The van der Waals surface area contributed by atoms with Gasteiger partial charge in [0.2, 0.25) is 0 Å². The van der Waals surface area contributed by atoms with Gasteiger partial charge in [0.25, 0.3) is 0 Å². The minimum Gasteiger partial charge on any atom is -0.0683 e. The number of hydrogen-bond acceptors (Lipinski definition) is 0. The summed E-state index contributed by atoms with van der Waals surface area (Å²) in [5, 5.41) is 8.14. The normalized spacial score (nSPS) is 9.20. The van der Waals surface area contributed by atoms with Gasteiger partial charge in [-0.3, -0.25) is 0 Å². The monoisotopic (exact) mass is 1060 g/mol. The van der Waals surface area contributed by atoms with Gasteiger partial charge < -0.3 is 0 Å². The highest BCUT2D eigenvalue weighted by Gasteiger charge is 2.02. The topological polar surface area (TPSA) is 0 Å². The van der Waals surface area contributed by atoms with Crippen LogP contribution in [0.5, 0.6) is 0 Å². The Labute approximate surface area is 489 Å². The molecule has 0 nitrogen and oxygen atoms in total. The second kappa shape index (κ2) is 42.7. The van der Waals surface area contributed by atoms with E-state index in [1.165, 1.54) is 138 Å². The van der Waals surface area contributed by atoms with Crippen molar-refractivity contribution >= 4 is 32.3 Å². The van der Waals surface area contributed by atoms with E-state index in [9.17, 15) is 0 Å². The van der Waals surface area contributed by atoms with Gasteiger partial charge in [0.15, 0.2) is 0 Å². The first-order valence-electron chi connectivity index (χ1n) is 30.1. The van der Waals surface area contributed by atoms with Gasteiger partial charge in [-0.25, -0.2) is 0 Å². The fraction of sp³-hybridized carbons (Fsp3) is 0.392. The van der Waals surface area contributed by atoms with Crippen molar-refractivity contribution in [3.63, 3.8) is 0 Å². The van der Waals surface area contributed by atoms with Crippen molar-refractivity contribution in [2.75, 3.05) is 0 Å². The molecule has 0 atom stereocenters. The van der Waals surface area contributed by atoms with E-state index in [2.05, 4.69) is 271 Å². The van der Waals surface area contributed by atoms with Gasteiger partial charge in [-0.05, 0) is 225 Å². The molecular formula is C79H116. The summed E-state index contributed by atoms with van der Waals surface area (Å²) in [6, 6.07) is 50.9. The Bertz CT molecular complexity index is 2900. The van der Waals surface area contributed by atoms with E-state index in [0.29, 0.717) is 0 Å².